The summed E-state index contributed by atoms with van der Waals surface area (Å²) in [4.78, 5) is 13.4. The highest BCUT2D eigenvalue weighted by molar-refractivity contribution is 5.86. The molecule has 6 rings (SSSR count). The van der Waals surface area contributed by atoms with E-state index in [-0.39, 0.29) is 16.7 Å². The molecule has 4 aliphatic rings. The number of aryl methyl sites for hydroxylation is 1. The van der Waals surface area contributed by atoms with E-state index in [0.29, 0.717) is 11.8 Å². The third-order valence-corrected chi connectivity index (χ3v) is 7.70. The molecular formula is C26H30N2O2. The fourth-order valence-corrected chi connectivity index (χ4v) is 6.75. The highest BCUT2D eigenvalue weighted by atomic mass is 16.5. The van der Waals surface area contributed by atoms with Gasteiger partial charge < -0.3 is 4.74 Å². The molecule has 4 saturated carbocycles. The van der Waals surface area contributed by atoms with Crippen molar-refractivity contribution < 1.29 is 9.53 Å². The minimum atomic E-state index is -0.272. The zero-order valence-corrected chi connectivity index (χ0v) is 17.9. The monoisotopic (exact) mass is 402 g/mol. The molecule has 4 nitrogen and oxygen atoms in total. The first-order chi connectivity index (χ1) is 14.5. The molecule has 30 heavy (non-hydrogen) atoms. The van der Waals surface area contributed by atoms with Gasteiger partial charge in [-0.25, -0.2) is 5.43 Å². The van der Waals surface area contributed by atoms with E-state index >= 15 is 0 Å². The summed E-state index contributed by atoms with van der Waals surface area (Å²) in [6, 6.07) is 16.7. The van der Waals surface area contributed by atoms with Crippen molar-refractivity contribution in [1.82, 2.24) is 5.43 Å². The molecule has 0 radical (unpaired) electrons. The number of rotatable bonds is 5. The van der Waals surface area contributed by atoms with Gasteiger partial charge in [0, 0.05) is 0 Å². The zero-order valence-electron chi connectivity index (χ0n) is 17.9. The predicted molar refractivity (Wildman–Crippen MR) is 119 cm³/mol. The fourth-order valence-electron chi connectivity index (χ4n) is 6.75. The molecule has 0 spiro atoms. The van der Waals surface area contributed by atoms with Crippen LogP contribution >= 0.6 is 0 Å². The van der Waals surface area contributed by atoms with Crippen molar-refractivity contribution >= 4 is 12.1 Å². The Kier molecular flexibility index (Phi) is 4.68. The summed E-state index contributed by atoms with van der Waals surface area (Å²) in [5.74, 6) is 2.23. The van der Waals surface area contributed by atoms with Crippen LogP contribution in [-0.4, -0.2) is 19.2 Å². The predicted octanol–water partition coefficient (Wildman–Crippen LogP) is 4.99. The first kappa shape index (κ1) is 19.3. The van der Waals surface area contributed by atoms with E-state index in [4.69, 9.17) is 4.74 Å². The quantitative estimate of drug-likeness (QED) is 0.566. The Morgan fingerprint density at radius 3 is 2.33 bits per heavy atom. The Balaban J connectivity index is 1.35. The van der Waals surface area contributed by atoms with Crippen molar-refractivity contribution in [2.45, 2.75) is 50.9 Å². The molecule has 2 atom stereocenters. The van der Waals surface area contributed by atoms with E-state index in [2.05, 4.69) is 41.7 Å². The minimum Gasteiger partial charge on any atom is -0.497 e. The second-order valence-corrected chi connectivity index (χ2v) is 9.86. The van der Waals surface area contributed by atoms with Crippen molar-refractivity contribution in [2.24, 2.45) is 22.4 Å². The number of hydrogen-bond acceptors (Lipinski definition) is 3. The molecular weight excluding hydrogens is 372 g/mol. The standard InChI is InChI=1S/C26H30N2O2/c1-18-3-7-22(8-4-18)25-12-20-11-21(13-25)15-26(14-20,17-25)24(29)28-27-16-19-5-9-23(30-2)10-6-19/h3-10,16,20-21H,11-15,17H2,1-2H3,(H,28,29)/b27-16+. The summed E-state index contributed by atoms with van der Waals surface area (Å²) in [5, 5.41) is 4.30. The van der Waals surface area contributed by atoms with Gasteiger partial charge in [-0.3, -0.25) is 4.79 Å². The maximum absolute atomic E-state index is 13.4. The Morgan fingerprint density at radius 1 is 1.03 bits per heavy atom. The van der Waals surface area contributed by atoms with Crippen LogP contribution in [-0.2, 0) is 10.2 Å². The van der Waals surface area contributed by atoms with E-state index in [1.807, 2.05) is 24.3 Å². The molecule has 2 aromatic carbocycles. The molecule has 0 heterocycles. The summed E-state index contributed by atoms with van der Waals surface area (Å²) >= 11 is 0. The number of ether oxygens (including phenoxy) is 1. The van der Waals surface area contributed by atoms with Crippen LogP contribution in [0.3, 0.4) is 0 Å². The van der Waals surface area contributed by atoms with Crippen molar-refractivity contribution in [3.8, 4) is 5.75 Å². The lowest BCUT2D eigenvalue weighted by molar-refractivity contribution is -0.149. The van der Waals surface area contributed by atoms with Gasteiger partial charge in [-0.2, -0.15) is 5.10 Å². The van der Waals surface area contributed by atoms with E-state index in [0.717, 1.165) is 30.6 Å². The van der Waals surface area contributed by atoms with Crippen LogP contribution in [0.15, 0.2) is 53.6 Å². The molecule has 0 aliphatic heterocycles. The van der Waals surface area contributed by atoms with Crippen LogP contribution in [0.2, 0.25) is 0 Å². The third-order valence-electron chi connectivity index (χ3n) is 7.70. The van der Waals surface area contributed by atoms with Gasteiger partial charge in [0.15, 0.2) is 0 Å². The molecule has 4 fully saturated rings. The lowest BCUT2D eigenvalue weighted by Gasteiger charge is -2.61. The van der Waals surface area contributed by atoms with Crippen LogP contribution in [0.1, 0.15) is 55.2 Å². The molecule has 1 N–H and O–H groups in total. The SMILES string of the molecule is COc1ccc(/C=N/NC(=O)C23CC4CC(C2)CC(c2ccc(C)cc2)(C4)C3)cc1. The highest BCUT2D eigenvalue weighted by Gasteiger charge is 2.60. The average molecular weight is 403 g/mol. The number of hydrogen-bond donors (Lipinski definition) is 1. The van der Waals surface area contributed by atoms with Crippen LogP contribution in [0.25, 0.3) is 0 Å². The smallest absolute Gasteiger partial charge is 0.246 e. The van der Waals surface area contributed by atoms with Crippen LogP contribution < -0.4 is 10.2 Å². The number of methoxy groups -OCH3 is 1. The number of carbonyl (C=O) groups excluding carboxylic acids is 1. The molecule has 4 heteroatoms. The molecule has 4 aliphatic carbocycles. The van der Waals surface area contributed by atoms with Crippen molar-refractivity contribution in [3.05, 3.63) is 65.2 Å². The van der Waals surface area contributed by atoms with Gasteiger partial charge in [0.05, 0.1) is 18.7 Å². The summed E-state index contributed by atoms with van der Waals surface area (Å²) in [5.41, 5.74) is 6.45. The average Bonchev–Trinajstić information content (AvgIpc) is 2.73. The van der Waals surface area contributed by atoms with Crippen LogP contribution in [0.5, 0.6) is 5.75 Å². The summed E-state index contributed by atoms with van der Waals surface area (Å²) in [7, 11) is 1.65. The van der Waals surface area contributed by atoms with Gasteiger partial charge in [-0.1, -0.05) is 29.8 Å². The Hall–Kier alpha value is -2.62. The first-order valence-electron chi connectivity index (χ1n) is 11.1. The summed E-state index contributed by atoms with van der Waals surface area (Å²) in [6.45, 7) is 2.14. The van der Waals surface area contributed by atoms with E-state index < -0.39 is 0 Å². The lowest BCUT2D eigenvalue weighted by atomic mass is 9.42. The number of hydrazone groups is 1. The lowest BCUT2D eigenvalue weighted by Crippen LogP contribution is -2.58. The van der Waals surface area contributed by atoms with E-state index in [1.54, 1.807) is 13.3 Å². The van der Waals surface area contributed by atoms with Crippen LogP contribution in [0, 0.1) is 24.2 Å². The van der Waals surface area contributed by atoms with Gasteiger partial charge >= 0.3 is 0 Å². The number of nitrogens with zero attached hydrogens (tertiary/aromatic N) is 1. The molecule has 2 aromatic rings. The third kappa shape index (κ3) is 3.32. The van der Waals surface area contributed by atoms with Crippen LogP contribution in [0.4, 0.5) is 0 Å². The first-order valence-corrected chi connectivity index (χ1v) is 11.1. The van der Waals surface area contributed by atoms with Crippen molar-refractivity contribution in [1.29, 1.82) is 0 Å². The second kappa shape index (κ2) is 7.26. The summed E-state index contributed by atoms with van der Waals surface area (Å²) in [6.07, 6.45) is 8.46. The normalized spacial score (nSPS) is 31.8. The molecule has 0 saturated heterocycles. The van der Waals surface area contributed by atoms with Gasteiger partial charge in [-0.05, 0) is 98.1 Å². The number of benzene rings is 2. The Morgan fingerprint density at radius 2 is 1.70 bits per heavy atom. The largest absolute Gasteiger partial charge is 0.497 e. The van der Waals surface area contributed by atoms with E-state index in [1.165, 1.54) is 30.4 Å². The summed E-state index contributed by atoms with van der Waals surface area (Å²) < 4.78 is 5.19. The molecule has 2 unspecified atom stereocenters. The topological polar surface area (TPSA) is 50.7 Å². The fraction of sp³-hybridized carbons (Fsp3) is 0.462. The van der Waals surface area contributed by atoms with Gasteiger partial charge in [0.2, 0.25) is 5.91 Å². The number of nitrogens with one attached hydrogen (secondary N) is 1. The van der Waals surface area contributed by atoms with Gasteiger partial charge in [0.25, 0.3) is 0 Å². The van der Waals surface area contributed by atoms with Gasteiger partial charge in [0.1, 0.15) is 5.75 Å². The highest BCUT2D eigenvalue weighted by Crippen LogP contribution is 2.65. The van der Waals surface area contributed by atoms with Crippen molar-refractivity contribution in [2.75, 3.05) is 7.11 Å². The van der Waals surface area contributed by atoms with Crippen molar-refractivity contribution in [3.63, 3.8) is 0 Å². The molecule has 156 valence electrons. The molecule has 1 amide bonds. The van der Waals surface area contributed by atoms with E-state index in [9.17, 15) is 4.79 Å². The zero-order chi connectivity index (χ0) is 20.8. The molecule has 4 bridgehead atoms. The molecule has 0 aromatic heterocycles. The number of amides is 1. The maximum atomic E-state index is 13.4. The Bertz CT molecular complexity index is 948. The van der Waals surface area contributed by atoms with Gasteiger partial charge in [-0.15, -0.1) is 0 Å². The second-order valence-electron chi connectivity index (χ2n) is 9.86. The number of carbonyl (C=O) groups is 1. The minimum absolute atomic E-state index is 0.109. The maximum Gasteiger partial charge on any atom is 0.246 e. The Labute approximate surface area is 178 Å².